The molecular weight excluding hydrogens is 439 g/mol. The van der Waals surface area contributed by atoms with E-state index >= 15 is 0 Å². The van der Waals surface area contributed by atoms with E-state index in [-0.39, 0.29) is 35.5 Å². The second-order valence-corrected chi connectivity index (χ2v) is 8.36. The van der Waals surface area contributed by atoms with Crippen LogP contribution in [0.5, 0.6) is 5.75 Å². The standard InChI is InChI=1S/C27H20N2O4.Na/c30-26-23-19-9-4-5-11-20(19)29(26)25(27(31)32)22(23)17-12-13-21(24-18(17)10-6-14-28-24)33-15-16-7-2-1-3-8-16;/h1-14,22-23,25H,15H2,(H,31,32);/q;+1/p-1. The Morgan fingerprint density at radius 1 is 0.941 bits per heavy atom. The van der Waals surface area contributed by atoms with E-state index in [1.54, 1.807) is 12.3 Å². The first kappa shape index (κ1) is 22.6. The summed E-state index contributed by atoms with van der Waals surface area (Å²) in [6.07, 6.45) is 1.68. The molecule has 3 heterocycles. The number of ether oxygens (including phenoxy) is 1. The Morgan fingerprint density at radius 2 is 1.71 bits per heavy atom. The molecular formula is C27H19N2NaO4. The first-order valence-electron chi connectivity index (χ1n) is 10.8. The van der Waals surface area contributed by atoms with E-state index in [4.69, 9.17) is 4.74 Å². The van der Waals surface area contributed by atoms with Crippen molar-refractivity contribution in [2.75, 3.05) is 4.90 Å². The van der Waals surface area contributed by atoms with E-state index in [0.717, 1.165) is 22.1 Å². The molecule has 1 fully saturated rings. The van der Waals surface area contributed by atoms with Crippen molar-refractivity contribution < 1.29 is 49.0 Å². The Bertz CT molecular complexity index is 1410. The number of hydrogen-bond donors (Lipinski definition) is 0. The monoisotopic (exact) mass is 458 g/mol. The number of anilines is 1. The molecule has 6 nitrogen and oxygen atoms in total. The van der Waals surface area contributed by atoms with Crippen LogP contribution in [0.3, 0.4) is 0 Å². The maximum absolute atomic E-state index is 13.2. The number of aliphatic carboxylic acids is 1. The zero-order valence-electron chi connectivity index (χ0n) is 18.5. The van der Waals surface area contributed by atoms with E-state index < -0.39 is 23.8 Å². The van der Waals surface area contributed by atoms with Crippen LogP contribution in [0.15, 0.2) is 85.1 Å². The molecule has 1 aromatic heterocycles. The minimum atomic E-state index is -1.26. The van der Waals surface area contributed by atoms with Gasteiger partial charge in [-0.15, -0.1) is 0 Å². The van der Waals surface area contributed by atoms with Crippen LogP contribution in [0.2, 0.25) is 0 Å². The number of carbonyl (C=O) groups is 2. The number of aromatic nitrogens is 1. The summed E-state index contributed by atoms with van der Waals surface area (Å²) in [5, 5.41) is 13.0. The predicted octanol–water partition coefficient (Wildman–Crippen LogP) is 0.164. The van der Waals surface area contributed by atoms with Gasteiger partial charge in [0.1, 0.15) is 17.9 Å². The van der Waals surface area contributed by atoms with Crippen molar-refractivity contribution in [3.8, 4) is 5.75 Å². The number of carboxylic acid groups (broad SMARTS) is 1. The molecule has 6 rings (SSSR count). The van der Waals surface area contributed by atoms with Crippen LogP contribution in [-0.2, 0) is 16.2 Å². The van der Waals surface area contributed by atoms with Gasteiger partial charge in [0.05, 0.1) is 17.9 Å². The Balaban J connectivity index is 0.00000241. The summed E-state index contributed by atoms with van der Waals surface area (Å²) in [6.45, 7) is 0.388. The van der Waals surface area contributed by atoms with Crippen LogP contribution in [0.4, 0.5) is 5.69 Å². The van der Waals surface area contributed by atoms with Crippen molar-refractivity contribution in [1.82, 2.24) is 4.98 Å². The number of hydrogen-bond acceptors (Lipinski definition) is 5. The maximum Gasteiger partial charge on any atom is 1.00 e. The molecule has 0 saturated carbocycles. The number of nitrogens with zero attached hydrogens (tertiary/aromatic N) is 2. The summed E-state index contributed by atoms with van der Waals surface area (Å²) >= 11 is 0. The third-order valence-electron chi connectivity index (χ3n) is 6.62. The Hall–Kier alpha value is -3.19. The van der Waals surface area contributed by atoms with E-state index in [1.165, 1.54) is 4.90 Å². The maximum atomic E-state index is 13.2. The molecule has 7 heteroatoms. The Kier molecular flexibility index (Phi) is 5.90. The molecule has 4 aromatic rings. The predicted molar refractivity (Wildman–Crippen MR) is 121 cm³/mol. The van der Waals surface area contributed by atoms with Crippen molar-refractivity contribution in [2.45, 2.75) is 24.5 Å². The fraction of sp³-hybridized carbons (Fsp3) is 0.148. The number of carboxylic acids is 1. The van der Waals surface area contributed by atoms with Crippen LogP contribution in [0, 0.1) is 0 Å². The van der Waals surface area contributed by atoms with E-state index in [9.17, 15) is 14.7 Å². The zero-order chi connectivity index (χ0) is 22.5. The third kappa shape index (κ3) is 3.41. The number of carbonyl (C=O) groups excluding carboxylic acids is 2. The van der Waals surface area contributed by atoms with E-state index in [1.807, 2.05) is 72.8 Å². The second kappa shape index (κ2) is 8.87. The van der Waals surface area contributed by atoms with Gasteiger partial charge in [-0.25, -0.2) is 0 Å². The molecule has 162 valence electrons. The molecule has 1 amide bonds. The minimum absolute atomic E-state index is 0. The quantitative estimate of drug-likeness (QED) is 0.398. The fourth-order valence-electron chi connectivity index (χ4n) is 5.26. The zero-order valence-corrected chi connectivity index (χ0v) is 20.5. The van der Waals surface area contributed by atoms with Crippen LogP contribution < -0.4 is 44.3 Å². The normalized spacial score (nSPS) is 20.2. The van der Waals surface area contributed by atoms with Crippen LogP contribution in [0.1, 0.15) is 28.5 Å². The molecule has 0 radical (unpaired) electrons. The van der Waals surface area contributed by atoms with Gasteiger partial charge < -0.3 is 19.5 Å². The molecule has 3 atom stereocenters. The molecule has 2 aliphatic heterocycles. The number of fused-ring (bicyclic) bond motifs is 6. The van der Waals surface area contributed by atoms with Gasteiger partial charge in [0.15, 0.2) is 0 Å². The molecule has 34 heavy (non-hydrogen) atoms. The third-order valence-corrected chi connectivity index (χ3v) is 6.62. The summed E-state index contributed by atoms with van der Waals surface area (Å²) in [7, 11) is 0. The number of amides is 1. The molecule has 0 aliphatic carbocycles. The van der Waals surface area contributed by atoms with Crippen LogP contribution in [0.25, 0.3) is 10.9 Å². The van der Waals surface area contributed by atoms with Crippen molar-refractivity contribution in [1.29, 1.82) is 0 Å². The van der Waals surface area contributed by atoms with Gasteiger partial charge in [-0.05, 0) is 34.9 Å². The molecule has 2 aliphatic rings. The van der Waals surface area contributed by atoms with Crippen molar-refractivity contribution in [2.24, 2.45) is 0 Å². The average Bonchev–Trinajstić information content (AvgIpc) is 3.31. The fourth-order valence-corrected chi connectivity index (χ4v) is 5.26. The van der Waals surface area contributed by atoms with Crippen molar-refractivity contribution >= 4 is 28.5 Å². The number of rotatable bonds is 5. The van der Waals surface area contributed by atoms with Gasteiger partial charge in [-0.3, -0.25) is 9.78 Å². The molecule has 3 unspecified atom stereocenters. The smallest absolute Gasteiger partial charge is 0.548 e. The largest absolute Gasteiger partial charge is 1.00 e. The first-order chi connectivity index (χ1) is 16.1. The van der Waals surface area contributed by atoms with E-state index in [0.29, 0.717) is 23.6 Å². The van der Waals surface area contributed by atoms with Gasteiger partial charge in [0, 0.05) is 23.2 Å². The summed E-state index contributed by atoms with van der Waals surface area (Å²) in [5.41, 5.74) is 3.94. The summed E-state index contributed by atoms with van der Waals surface area (Å²) < 4.78 is 6.07. The molecule has 3 aromatic carbocycles. The molecule has 0 spiro atoms. The number of para-hydroxylation sites is 1. The second-order valence-electron chi connectivity index (χ2n) is 8.36. The van der Waals surface area contributed by atoms with Gasteiger partial charge in [-0.2, -0.15) is 0 Å². The van der Waals surface area contributed by atoms with Crippen molar-refractivity contribution in [3.05, 3.63) is 102 Å². The Morgan fingerprint density at radius 3 is 2.50 bits per heavy atom. The van der Waals surface area contributed by atoms with Gasteiger partial charge >= 0.3 is 29.6 Å². The minimum Gasteiger partial charge on any atom is -0.548 e. The van der Waals surface area contributed by atoms with E-state index in [2.05, 4.69) is 4.98 Å². The van der Waals surface area contributed by atoms with Crippen molar-refractivity contribution in [3.63, 3.8) is 0 Å². The average molecular weight is 458 g/mol. The summed E-state index contributed by atoms with van der Waals surface area (Å²) in [6, 6.07) is 23.5. The summed E-state index contributed by atoms with van der Waals surface area (Å²) in [4.78, 5) is 31.4. The molecule has 2 bridgehead atoms. The van der Waals surface area contributed by atoms with Crippen LogP contribution >= 0.6 is 0 Å². The number of benzene rings is 3. The van der Waals surface area contributed by atoms with Gasteiger partial charge in [-0.1, -0.05) is 60.7 Å². The van der Waals surface area contributed by atoms with Crippen LogP contribution in [-0.4, -0.2) is 22.9 Å². The van der Waals surface area contributed by atoms with Gasteiger partial charge in [0.2, 0.25) is 5.91 Å². The number of pyridine rings is 1. The topological polar surface area (TPSA) is 82.6 Å². The Labute approximate surface area is 218 Å². The SMILES string of the molecule is O=C([O-])C1C(c2ccc(OCc3ccccc3)c3ncccc23)C2C(=O)N1c1ccccc12.[Na+]. The first-order valence-corrected chi connectivity index (χ1v) is 10.8. The summed E-state index contributed by atoms with van der Waals surface area (Å²) in [5.74, 6) is -1.99. The molecule has 1 saturated heterocycles. The molecule has 0 N–H and O–H groups in total. The van der Waals surface area contributed by atoms with Gasteiger partial charge in [0.25, 0.3) is 0 Å².